The van der Waals surface area contributed by atoms with Crippen LogP contribution in [0.5, 0.6) is 0 Å². The molecule has 1 aromatic carbocycles. The Hall–Kier alpha value is -2.66. The molecule has 0 aliphatic heterocycles. The summed E-state index contributed by atoms with van der Waals surface area (Å²) < 4.78 is 0. The molecule has 0 bridgehead atoms. The quantitative estimate of drug-likeness (QED) is 0.684. The second kappa shape index (κ2) is 6.87. The average Bonchev–Trinajstić information content (AvgIpc) is 2.45. The number of aliphatic hydroxyl groups is 1. The van der Waals surface area contributed by atoms with Crippen LogP contribution in [0.15, 0.2) is 48.5 Å². The number of nitrogens with two attached hydrogens (primary N) is 1. The van der Waals surface area contributed by atoms with Gasteiger partial charge in [-0.3, -0.25) is 9.59 Å². The predicted molar refractivity (Wildman–Crippen MR) is 85.1 cm³/mol. The zero-order chi connectivity index (χ0) is 16.1. The second-order valence-electron chi connectivity index (χ2n) is 5.04. The Morgan fingerprint density at radius 2 is 1.64 bits per heavy atom. The Kier molecular flexibility index (Phi) is 4.91. The topological polar surface area (TPSA) is 92.4 Å². The number of nitrogens with one attached hydrogen (secondary N) is 1. The Morgan fingerprint density at radius 3 is 2.05 bits per heavy atom. The highest BCUT2D eigenvalue weighted by Crippen LogP contribution is 2.29. The third kappa shape index (κ3) is 3.93. The highest BCUT2D eigenvalue weighted by molar-refractivity contribution is 5.89. The van der Waals surface area contributed by atoms with Crippen molar-refractivity contribution in [2.24, 2.45) is 5.73 Å². The van der Waals surface area contributed by atoms with Crippen molar-refractivity contribution in [1.82, 2.24) is 0 Å². The number of primary amides is 1. The largest absolute Gasteiger partial charge is 0.383 e. The molecule has 0 aromatic heterocycles. The second-order valence-corrected chi connectivity index (χ2v) is 5.04. The fraction of sp³-hybridized carbons (Fsp3) is 0.176. The number of benzene rings is 2. The van der Waals surface area contributed by atoms with Crippen LogP contribution in [0.3, 0.4) is 0 Å². The molecule has 5 nitrogen and oxygen atoms in total. The van der Waals surface area contributed by atoms with E-state index in [1.807, 2.05) is 0 Å². The van der Waals surface area contributed by atoms with E-state index < -0.39 is 12.0 Å². The average molecular weight is 298 g/mol. The van der Waals surface area contributed by atoms with Crippen molar-refractivity contribution >= 4 is 17.5 Å². The molecule has 0 fully saturated rings. The number of para-hydroxylation sites is 1. The van der Waals surface area contributed by atoms with E-state index in [1.54, 1.807) is 24.3 Å². The number of hydrogen-bond acceptors (Lipinski definition) is 3. The first kappa shape index (κ1) is 15.7. The van der Waals surface area contributed by atoms with Gasteiger partial charge in [-0.25, -0.2) is 0 Å². The summed E-state index contributed by atoms with van der Waals surface area (Å²) in [7, 11) is 0. The molecule has 3 rings (SSSR count). The Balaban J connectivity index is 0.000000238. The van der Waals surface area contributed by atoms with E-state index in [9.17, 15) is 14.7 Å². The molecule has 2 amide bonds. The summed E-state index contributed by atoms with van der Waals surface area (Å²) in [5.41, 5.74) is 9.06. The van der Waals surface area contributed by atoms with Gasteiger partial charge in [0.2, 0.25) is 11.8 Å². The van der Waals surface area contributed by atoms with Gasteiger partial charge in [-0.05, 0) is 22.8 Å². The lowest BCUT2D eigenvalue weighted by molar-refractivity contribution is -0.125. The molecule has 5 heteroatoms. The molecule has 1 unspecified atom stereocenters. The number of anilines is 1. The standard InChI is InChI=1S/C11H14N2O3.C6H4/c1-7(14)13-9-5-3-2-4-8(9)6-10(15)11(12)16;1-2-6-4-3-5(1)6/h2-5,10,15H,6H2,1H3,(H2,12,16)(H,13,14);1-4H. The zero-order valence-corrected chi connectivity index (χ0v) is 12.2. The van der Waals surface area contributed by atoms with Gasteiger partial charge in [-0.1, -0.05) is 42.5 Å². The van der Waals surface area contributed by atoms with Crippen molar-refractivity contribution < 1.29 is 14.7 Å². The van der Waals surface area contributed by atoms with Gasteiger partial charge in [0.05, 0.1) is 0 Å². The summed E-state index contributed by atoms with van der Waals surface area (Å²) in [6.07, 6.45) is -1.15. The van der Waals surface area contributed by atoms with E-state index in [1.165, 1.54) is 18.1 Å². The third-order valence-electron chi connectivity index (χ3n) is 3.29. The molecule has 2 aliphatic rings. The first-order valence-electron chi connectivity index (χ1n) is 6.90. The molecule has 0 saturated heterocycles. The van der Waals surface area contributed by atoms with Gasteiger partial charge in [0.25, 0.3) is 0 Å². The maximum absolute atomic E-state index is 10.9. The Bertz CT molecular complexity index is 660. The van der Waals surface area contributed by atoms with Crippen molar-refractivity contribution in [1.29, 1.82) is 0 Å². The van der Waals surface area contributed by atoms with Crippen LogP contribution in [0.2, 0.25) is 0 Å². The van der Waals surface area contributed by atoms with Crippen molar-refractivity contribution in [2.45, 2.75) is 19.4 Å². The lowest BCUT2D eigenvalue weighted by atomic mass is 9.95. The lowest BCUT2D eigenvalue weighted by Gasteiger charge is -2.11. The molecule has 1 atom stereocenters. The van der Waals surface area contributed by atoms with Gasteiger partial charge in [-0.2, -0.15) is 0 Å². The molecule has 0 saturated carbocycles. The molecule has 4 N–H and O–H groups in total. The Labute approximate surface area is 128 Å². The fourth-order valence-electron chi connectivity index (χ4n) is 1.98. The molecule has 114 valence electrons. The molecule has 0 spiro atoms. The van der Waals surface area contributed by atoms with Gasteiger partial charge in [0, 0.05) is 19.0 Å². The minimum atomic E-state index is -1.24. The zero-order valence-electron chi connectivity index (χ0n) is 12.2. The van der Waals surface area contributed by atoms with E-state index in [4.69, 9.17) is 5.73 Å². The summed E-state index contributed by atoms with van der Waals surface area (Å²) in [6.45, 7) is 1.39. The molecule has 0 radical (unpaired) electrons. The summed E-state index contributed by atoms with van der Waals surface area (Å²) in [5.74, 6) is -0.987. The number of hydrogen-bond donors (Lipinski definition) is 3. The van der Waals surface area contributed by atoms with Crippen molar-refractivity contribution in [3.63, 3.8) is 0 Å². The summed E-state index contributed by atoms with van der Waals surface area (Å²) in [5, 5.41) is 12.0. The summed E-state index contributed by atoms with van der Waals surface area (Å²) in [6, 6.07) is 15.4. The minimum absolute atomic E-state index is 0.0891. The molecular weight excluding hydrogens is 280 g/mol. The normalized spacial score (nSPS) is 11.7. The number of aliphatic hydroxyl groups excluding tert-OH is 1. The first-order chi connectivity index (χ1) is 10.5. The van der Waals surface area contributed by atoms with Gasteiger partial charge in [0.15, 0.2) is 0 Å². The van der Waals surface area contributed by atoms with Crippen LogP contribution in [0.25, 0.3) is 11.1 Å². The fourth-order valence-corrected chi connectivity index (χ4v) is 1.98. The van der Waals surface area contributed by atoms with E-state index in [0.717, 1.165) is 0 Å². The van der Waals surface area contributed by atoms with Crippen LogP contribution >= 0.6 is 0 Å². The molecule has 0 heterocycles. The number of amides is 2. The maximum atomic E-state index is 10.9. The van der Waals surface area contributed by atoms with E-state index >= 15 is 0 Å². The maximum Gasteiger partial charge on any atom is 0.246 e. The Morgan fingerprint density at radius 1 is 1.09 bits per heavy atom. The van der Waals surface area contributed by atoms with Crippen LogP contribution in [-0.4, -0.2) is 23.0 Å². The molecule has 1 aromatic rings. The highest BCUT2D eigenvalue weighted by atomic mass is 16.3. The van der Waals surface area contributed by atoms with Gasteiger partial charge < -0.3 is 16.2 Å². The number of carbonyl (C=O) groups is 2. The van der Waals surface area contributed by atoms with Gasteiger partial charge >= 0.3 is 0 Å². The summed E-state index contributed by atoms with van der Waals surface area (Å²) >= 11 is 0. The number of carbonyl (C=O) groups excluding carboxylic acids is 2. The van der Waals surface area contributed by atoms with Crippen molar-refractivity contribution in [3.05, 3.63) is 54.1 Å². The third-order valence-corrected chi connectivity index (χ3v) is 3.29. The SMILES string of the molecule is CC(=O)Nc1ccccc1CC(O)C(N)=O.c1cc2ccc1-2. The van der Waals surface area contributed by atoms with Gasteiger partial charge in [0.1, 0.15) is 6.10 Å². The minimum Gasteiger partial charge on any atom is -0.383 e. The van der Waals surface area contributed by atoms with Crippen LogP contribution in [0.1, 0.15) is 12.5 Å². The molecule has 22 heavy (non-hydrogen) atoms. The molecular formula is C17H18N2O3. The lowest BCUT2D eigenvalue weighted by Crippen LogP contribution is -2.30. The van der Waals surface area contributed by atoms with Crippen molar-refractivity contribution in [2.75, 3.05) is 5.32 Å². The van der Waals surface area contributed by atoms with Gasteiger partial charge in [-0.15, -0.1) is 0 Å². The van der Waals surface area contributed by atoms with E-state index in [-0.39, 0.29) is 12.3 Å². The highest BCUT2D eigenvalue weighted by Gasteiger charge is 2.14. The van der Waals surface area contributed by atoms with E-state index in [2.05, 4.69) is 29.6 Å². The van der Waals surface area contributed by atoms with Crippen LogP contribution in [-0.2, 0) is 16.0 Å². The van der Waals surface area contributed by atoms with Crippen LogP contribution in [0, 0.1) is 0 Å². The van der Waals surface area contributed by atoms with Crippen LogP contribution in [0.4, 0.5) is 5.69 Å². The first-order valence-corrected chi connectivity index (χ1v) is 6.90. The predicted octanol–water partition coefficient (Wildman–Crippen LogP) is 1.70. The smallest absolute Gasteiger partial charge is 0.246 e. The molecule has 2 aliphatic carbocycles. The number of fused-ring (bicyclic) bond motifs is 1. The number of rotatable bonds is 4. The van der Waals surface area contributed by atoms with E-state index in [0.29, 0.717) is 11.3 Å². The van der Waals surface area contributed by atoms with Crippen molar-refractivity contribution in [3.8, 4) is 11.1 Å². The summed E-state index contributed by atoms with van der Waals surface area (Å²) in [4.78, 5) is 21.6. The van der Waals surface area contributed by atoms with Crippen LogP contribution < -0.4 is 11.1 Å². The monoisotopic (exact) mass is 298 g/mol.